The lowest BCUT2D eigenvalue weighted by atomic mass is 10.0. The van der Waals surface area contributed by atoms with Crippen LogP contribution in [0.1, 0.15) is 12.0 Å². The summed E-state index contributed by atoms with van der Waals surface area (Å²) in [6.45, 7) is 1.32. The molecule has 0 spiro atoms. The zero-order chi connectivity index (χ0) is 14.7. The van der Waals surface area contributed by atoms with E-state index in [-0.39, 0.29) is 17.2 Å². The number of benzene rings is 1. The molecule has 1 fully saturated rings. The van der Waals surface area contributed by atoms with E-state index in [0.29, 0.717) is 24.1 Å². The van der Waals surface area contributed by atoms with E-state index in [4.69, 9.17) is 4.74 Å². The van der Waals surface area contributed by atoms with Crippen LogP contribution in [0.2, 0.25) is 0 Å². The highest BCUT2D eigenvalue weighted by atomic mass is 16.6. The number of piperidine rings is 1. The summed E-state index contributed by atoms with van der Waals surface area (Å²) in [5, 5.41) is 11.0. The highest BCUT2D eigenvalue weighted by Gasteiger charge is 2.20. The minimum Gasteiger partial charge on any atom is -0.490 e. The molecular weight excluding hydrogens is 260 g/mol. The van der Waals surface area contributed by atoms with Crippen molar-refractivity contribution in [2.45, 2.75) is 6.42 Å². The molecule has 2 rings (SSSR count). The molecule has 6 nitrogen and oxygen atoms in total. The third kappa shape index (κ3) is 3.03. The fourth-order valence-electron chi connectivity index (χ4n) is 2.18. The smallest absolute Gasteiger partial charge is 0.311 e. The molecule has 1 aromatic carbocycles. The summed E-state index contributed by atoms with van der Waals surface area (Å²) in [5.41, 5.74) is 1.22. The number of carbonyl (C=O) groups is 1. The van der Waals surface area contributed by atoms with Crippen LogP contribution in [0.3, 0.4) is 0 Å². The normalized spacial score (nSPS) is 18.3. The highest BCUT2D eigenvalue weighted by Crippen LogP contribution is 2.28. The summed E-state index contributed by atoms with van der Waals surface area (Å²) in [7, 11) is 3.33. The number of ether oxygens (including phenoxy) is 1. The van der Waals surface area contributed by atoms with Crippen molar-refractivity contribution in [3.8, 4) is 5.75 Å². The number of nitro groups is 1. The maximum absolute atomic E-state index is 11.8. The second-order valence-electron chi connectivity index (χ2n) is 4.77. The van der Waals surface area contributed by atoms with Gasteiger partial charge in [-0.15, -0.1) is 0 Å². The van der Waals surface area contributed by atoms with Gasteiger partial charge in [0.25, 0.3) is 0 Å². The number of hydrogen-bond acceptors (Lipinski definition) is 5. The number of rotatable bonds is 3. The fraction of sp³-hybridized carbons (Fsp3) is 0.357. The van der Waals surface area contributed by atoms with Gasteiger partial charge in [0.05, 0.1) is 12.0 Å². The Morgan fingerprint density at radius 1 is 1.45 bits per heavy atom. The van der Waals surface area contributed by atoms with Crippen LogP contribution in [0.15, 0.2) is 23.8 Å². The lowest BCUT2D eigenvalue weighted by molar-refractivity contribution is -0.385. The van der Waals surface area contributed by atoms with E-state index in [2.05, 4.69) is 0 Å². The number of likely N-dealkylation sites (N-methyl/N-ethyl adjacent to an activating group) is 1. The van der Waals surface area contributed by atoms with Gasteiger partial charge in [0.1, 0.15) is 0 Å². The molecule has 1 aliphatic heterocycles. The molecular formula is C14H16N2O4. The van der Waals surface area contributed by atoms with Gasteiger partial charge in [-0.25, -0.2) is 0 Å². The Bertz CT molecular complexity index is 581. The van der Waals surface area contributed by atoms with Crippen molar-refractivity contribution in [1.82, 2.24) is 4.90 Å². The summed E-state index contributed by atoms with van der Waals surface area (Å²) in [6, 6.07) is 4.68. The monoisotopic (exact) mass is 276 g/mol. The predicted octanol–water partition coefficient (Wildman–Crippen LogP) is 1.89. The Morgan fingerprint density at radius 3 is 2.85 bits per heavy atom. The molecule has 20 heavy (non-hydrogen) atoms. The van der Waals surface area contributed by atoms with Gasteiger partial charge >= 0.3 is 5.69 Å². The van der Waals surface area contributed by atoms with E-state index >= 15 is 0 Å². The van der Waals surface area contributed by atoms with Crippen LogP contribution in [-0.4, -0.2) is 42.9 Å². The van der Waals surface area contributed by atoms with Crippen molar-refractivity contribution in [3.05, 3.63) is 39.4 Å². The van der Waals surface area contributed by atoms with E-state index in [1.807, 2.05) is 11.9 Å². The quantitative estimate of drug-likeness (QED) is 0.479. The first-order valence-electron chi connectivity index (χ1n) is 6.26. The Hall–Kier alpha value is -2.21. The highest BCUT2D eigenvalue weighted by molar-refractivity contribution is 6.00. The molecule has 6 heteroatoms. The van der Waals surface area contributed by atoms with Gasteiger partial charge in [-0.3, -0.25) is 14.9 Å². The second kappa shape index (κ2) is 5.83. The first kappa shape index (κ1) is 14.2. The second-order valence-corrected chi connectivity index (χ2v) is 4.77. The standard InChI is InChI=1S/C14H16N2O4/c1-15-6-5-13(17)11(9-15)7-10-3-4-14(20-2)12(8-10)16(18)19/h3-4,7-8H,5-6,9H2,1-2H3/b11-7+. The summed E-state index contributed by atoms with van der Waals surface area (Å²) < 4.78 is 4.95. The molecule has 0 bridgehead atoms. The van der Waals surface area contributed by atoms with Gasteiger partial charge in [0.2, 0.25) is 0 Å². The SMILES string of the molecule is COc1ccc(/C=C2\CN(C)CCC2=O)cc1[N+](=O)[O-]. The fourth-order valence-corrected chi connectivity index (χ4v) is 2.18. The van der Waals surface area contributed by atoms with Crippen LogP contribution in [-0.2, 0) is 4.79 Å². The van der Waals surface area contributed by atoms with Crippen LogP contribution in [0, 0.1) is 10.1 Å². The maximum atomic E-state index is 11.8. The number of hydrogen-bond donors (Lipinski definition) is 0. The largest absolute Gasteiger partial charge is 0.490 e. The zero-order valence-electron chi connectivity index (χ0n) is 11.5. The van der Waals surface area contributed by atoms with Gasteiger partial charge in [-0.1, -0.05) is 6.07 Å². The molecule has 1 aromatic rings. The van der Waals surface area contributed by atoms with E-state index < -0.39 is 4.92 Å². The van der Waals surface area contributed by atoms with Gasteiger partial charge < -0.3 is 9.64 Å². The van der Waals surface area contributed by atoms with Crippen molar-refractivity contribution in [2.24, 2.45) is 0 Å². The number of ketones is 1. The topological polar surface area (TPSA) is 72.7 Å². The molecule has 0 N–H and O–H groups in total. The third-order valence-corrected chi connectivity index (χ3v) is 3.26. The first-order valence-corrected chi connectivity index (χ1v) is 6.26. The number of likely N-dealkylation sites (tertiary alicyclic amines) is 1. The molecule has 1 aliphatic rings. The minimum absolute atomic E-state index is 0.0986. The Kier molecular flexibility index (Phi) is 4.14. The van der Waals surface area contributed by atoms with E-state index in [1.54, 1.807) is 18.2 Å². The number of nitrogens with zero attached hydrogens (tertiary/aromatic N) is 2. The van der Waals surface area contributed by atoms with Gasteiger partial charge in [0, 0.05) is 31.1 Å². The third-order valence-electron chi connectivity index (χ3n) is 3.26. The minimum atomic E-state index is -0.490. The van der Waals surface area contributed by atoms with E-state index in [1.165, 1.54) is 13.2 Å². The number of nitro benzene ring substituents is 1. The van der Waals surface area contributed by atoms with Crippen molar-refractivity contribution >= 4 is 17.5 Å². The summed E-state index contributed by atoms with van der Waals surface area (Å²) in [5.74, 6) is 0.311. The van der Waals surface area contributed by atoms with E-state index in [9.17, 15) is 14.9 Å². The van der Waals surface area contributed by atoms with Crippen molar-refractivity contribution in [2.75, 3.05) is 27.2 Å². The lowest BCUT2D eigenvalue weighted by Gasteiger charge is -2.23. The number of methoxy groups -OCH3 is 1. The Labute approximate surface area is 116 Å². The maximum Gasteiger partial charge on any atom is 0.311 e. The molecule has 106 valence electrons. The van der Waals surface area contributed by atoms with Crippen LogP contribution >= 0.6 is 0 Å². The average Bonchev–Trinajstić information content (AvgIpc) is 2.42. The summed E-state index contributed by atoms with van der Waals surface area (Å²) in [6.07, 6.45) is 2.20. The van der Waals surface area contributed by atoms with Gasteiger partial charge in [-0.05, 0) is 24.8 Å². The molecule has 0 atom stereocenters. The molecule has 0 amide bonds. The van der Waals surface area contributed by atoms with Crippen molar-refractivity contribution in [1.29, 1.82) is 0 Å². The number of Topliss-reactive ketones (excluding diaryl/α,β-unsaturated/α-hetero) is 1. The van der Waals surface area contributed by atoms with Crippen molar-refractivity contribution in [3.63, 3.8) is 0 Å². The van der Waals surface area contributed by atoms with Gasteiger partial charge in [-0.2, -0.15) is 0 Å². The van der Waals surface area contributed by atoms with Crippen molar-refractivity contribution < 1.29 is 14.5 Å². The Balaban J connectivity index is 2.35. The molecule has 1 heterocycles. The lowest BCUT2D eigenvalue weighted by Crippen LogP contribution is -2.32. The molecule has 0 aliphatic carbocycles. The van der Waals surface area contributed by atoms with Crippen LogP contribution in [0.5, 0.6) is 5.75 Å². The van der Waals surface area contributed by atoms with Crippen LogP contribution in [0.25, 0.3) is 6.08 Å². The Morgan fingerprint density at radius 2 is 2.20 bits per heavy atom. The molecule has 0 aromatic heterocycles. The molecule has 0 saturated carbocycles. The first-order chi connectivity index (χ1) is 9.51. The molecule has 0 radical (unpaired) electrons. The predicted molar refractivity (Wildman–Crippen MR) is 74.7 cm³/mol. The number of carbonyl (C=O) groups excluding carboxylic acids is 1. The van der Waals surface area contributed by atoms with E-state index in [0.717, 1.165) is 6.54 Å². The van der Waals surface area contributed by atoms with Gasteiger partial charge in [0.15, 0.2) is 11.5 Å². The summed E-state index contributed by atoms with van der Waals surface area (Å²) in [4.78, 5) is 24.4. The molecule has 0 unspecified atom stereocenters. The average molecular weight is 276 g/mol. The summed E-state index contributed by atoms with van der Waals surface area (Å²) >= 11 is 0. The zero-order valence-corrected chi connectivity index (χ0v) is 11.5. The van der Waals surface area contributed by atoms with Crippen LogP contribution < -0.4 is 4.74 Å². The molecule has 1 saturated heterocycles. The van der Waals surface area contributed by atoms with Crippen LogP contribution in [0.4, 0.5) is 5.69 Å².